The van der Waals surface area contributed by atoms with Crippen molar-refractivity contribution in [3.05, 3.63) is 60.2 Å². The molecule has 6 heteroatoms. The summed E-state index contributed by atoms with van der Waals surface area (Å²) in [6.45, 7) is 4.64. The van der Waals surface area contributed by atoms with Crippen LogP contribution in [0.2, 0.25) is 0 Å². The van der Waals surface area contributed by atoms with Gasteiger partial charge in [0, 0.05) is 13.1 Å². The van der Waals surface area contributed by atoms with Crippen molar-refractivity contribution < 1.29 is 19.1 Å². The molecule has 0 aliphatic heterocycles. The Labute approximate surface area is 172 Å². The summed E-state index contributed by atoms with van der Waals surface area (Å²) in [7, 11) is 1.60. The summed E-state index contributed by atoms with van der Waals surface area (Å²) in [6.07, 6.45) is 1.35. The number of ether oxygens (including phenoxy) is 2. The Morgan fingerprint density at radius 1 is 1.03 bits per heavy atom. The van der Waals surface area contributed by atoms with Crippen LogP contribution in [0.25, 0.3) is 0 Å². The summed E-state index contributed by atoms with van der Waals surface area (Å²) in [5.41, 5.74) is 0.888. The molecule has 0 aliphatic carbocycles. The molecule has 0 saturated carbocycles. The van der Waals surface area contributed by atoms with Crippen LogP contribution in [0.3, 0.4) is 0 Å². The first-order valence-electron chi connectivity index (χ1n) is 9.97. The molecule has 1 N–H and O–H groups in total. The first-order valence-corrected chi connectivity index (χ1v) is 9.97. The SMILES string of the molecule is CCCNC(=O)[C@H](CC)N(Cc1cccc(OC)c1)C(=O)COc1ccccc1. The molecule has 2 amide bonds. The molecule has 0 fully saturated rings. The van der Waals surface area contributed by atoms with Gasteiger partial charge in [0.1, 0.15) is 17.5 Å². The molecule has 6 nitrogen and oxygen atoms in total. The highest BCUT2D eigenvalue weighted by atomic mass is 16.5. The van der Waals surface area contributed by atoms with E-state index in [9.17, 15) is 9.59 Å². The Morgan fingerprint density at radius 2 is 1.76 bits per heavy atom. The van der Waals surface area contributed by atoms with Crippen LogP contribution < -0.4 is 14.8 Å². The Hall–Kier alpha value is -3.02. The molecule has 0 heterocycles. The topological polar surface area (TPSA) is 67.9 Å². The van der Waals surface area contributed by atoms with E-state index >= 15 is 0 Å². The van der Waals surface area contributed by atoms with E-state index in [1.165, 1.54) is 0 Å². The van der Waals surface area contributed by atoms with Gasteiger partial charge < -0.3 is 19.7 Å². The summed E-state index contributed by atoms with van der Waals surface area (Å²) in [6, 6.07) is 16.1. The van der Waals surface area contributed by atoms with Gasteiger partial charge in [-0.15, -0.1) is 0 Å². The van der Waals surface area contributed by atoms with Gasteiger partial charge in [0.05, 0.1) is 7.11 Å². The minimum Gasteiger partial charge on any atom is -0.497 e. The van der Waals surface area contributed by atoms with E-state index in [0.717, 1.165) is 12.0 Å². The highest BCUT2D eigenvalue weighted by Gasteiger charge is 2.28. The molecule has 0 bridgehead atoms. The number of amides is 2. The molecule has 0 saturated heterocycles. The molecule has 0 aromatic heterocycles. The number of para-hydroxylation sites is 1. The van der Waals surface area contributed by atoms with Crippen molar-refractivity contribution in [1.82, 2.24) is 10.2 Å². The number of nitrogens with one attached hydrogen (secondary N) is 1. The van der Waals surface area contributed by atoms with Crippen molar-refractivity contribution in [2.24, 2.45) is 0 Å². The second kappa shape index (κ2) is 11.7. The number of carbonyl (C=O) groups excluding carboxylic acids is 2. The molecule has 2 aromatic rings. The van der Waals surface area contributed by atoms with Gasteiger partial charge in [-0.2, -0.15) is 0 Å². The Morgan fingerprint density at radius 3 is 2.41 bits per heavy atom. The maximum absolute atomic E-state index is 13.0. The van der Waals surface area contributed by atoms with Crippen molar-refractivity contribution in [3.63, 3.8) is 0 Å². The summed E-state index contributed by atoms with van der Waals surface area (Å²) in [5.74, 6) is 0.935. The zero-order chi connectivity index (χ0) is 21.1. The van der Waals surface area contributed by atoms with E-state index in [1.807, 2.05) is 56.3 Å². The third-order valence-corrected chi connectivity index (χ3v) is 4.53. The van der Waals surface area contributed by atoms with Gasteiger partial charge in [-0.3, -0.25) is 9.59 Å². The number of methoxy groups -OCH3 is 1. The van der Waals surface area contributed by atoms with E-state index in [1.54, 1.807) is 24.1 Å². The van der Waals surface area contributed by atoms with Gasteiger partial charge >= 0.3 is 0 Å². The van der Waals surface area contributed by atoms with Crippen LogP contribution in [-0.4, -0.2) is 43.0 Å². The van der Waals surface area contributed by atoms with Gasteiger partial charge in [-0.25, -0.2) is 0 Å². The van der Waals surface area contributed by atoms with Crippen LogP contribution in [0.5, 0.6) is 11.5 Å². The van der Waals surface area contributed by atoms with E-state index in [-0.39, 0.29) is 18.4 Å². The molecule has 156 valence electrons. The third kappa shape index (κ3) is 6.82. The van der Waals surface area contributed by atoms with Crippen molar-refractivity contribution in [2.75, 3.05) is 20.3 Å². The first-order chi connectivity index (χ1) is 14.1. The Kier molecular flexibility index (Phi) is 9.02. The maximum atomic E-state index is 13.0. The zero-order valence-corrected chi connectivity index (χ0v) is 17.4. The van der Waals surface area contributed by atoms with Crippen LogP contribution in [-0.2, 0) is 16.1 Å². The fraction of sp³-hybridized carbons (Fsp3) is 0.391. The van der Waals surface area contributed by atoms with Crippen molar-refractivity contribution in [2.45, 2.75) is 39.3 Å². The van der Waals surface area contributed by atoms with Crippen LogP contribution in [0.1, 0.15) is 32.3 Å². The minimum absolute atomic E-state index is 0.133. The van der Waals surface area contributed by atoms with E-state index < -0.39 is 6.04 Å². The fourth-order valence-electron chi connectivity index (χ4n) is 3.00. The average molecular weight is 399 g/mol. The largest absolute Gasteiger partial charge is 0.497 e. The number of hydrogen-bond acceptors (Lipinski definition) is 4. The summed E-state index contributed by atoms with van der Waals surface area (Å²) < 4.78 is 10.9. The predicted molar refractivity (Wildman–Crippen MR) is 113 cm³/mol. The molecule has 29 heavy (non-hydrogen) atoms. The van der Waals surface area contributed by atoms with Gasteiger partial charge in [0.15, 0.2) is 6.61 Å². The molecule has 0 aliphatic rings. The smallest absolute Gasteiger partial charge is 0.261 e. The summed E-state index contributed by atoms with van der Waals surface area (Å²) in [5, 5.41) is 2.90. The molecule has 2 rings (SSSR count). The molecule has 0 spiro atoms. The lowest BCUT2D eigenvalue weighted by molar-refractivity contribution is -0.143. The monoisotopic (exact) mass is 398 g/mol. The van der Waals surface area contributed by atoms with Gasteiger partial charge in [0.2, 0.25) is 5.91 Å². The molecule has 1 atom stereocenters. The molecular weight excluding hydrogens is 368 g/mol. The lowest BCUT2D eigenvalue weighted by Gasteiger charge is -2.30. The van der Waals surface area contributed by atoms with E-state index in [2.05, 4.69) is 5.32 Å². The van der Waals surface area contributed by atoms with Crippen molar-refractivity contribution in [1.29, 1.82) is 0 Å². The standard InChI is InChI=1S/C23H30N2O4/c1-4-14-24-23(27)21(5-2)25(16-18-10-9-13-20(15-18)28-3)22(26)17-29-19-11-7-6-8-12-19/h6-13,15,21H,4-5,14,16-17H2,1-3H3,(H,24,27)/t21-/m0/s1. The number of nitrogens with zero attached hydrogens (tertiary/aromatic N) is 1. The summed E-state index contributed by atoms with van der Waals surface area (Å²) >= 11 is 0. The highest BCUT2D eigenvalue weighted by molar-refractivity contribution is 5.88. The number of carbonyl (C=O) groups is 2. The average Bonchev–Trinajstić information content (AvgIpc) is 2.76. The van der Waals surface area contributed by atoms with E-state index in [0.29, 0.717) is 31.0 Å². The van der Waals surface area contributed by atoms with Gasteiger partial charge in [-0.05, 0) is 42.7 Å². The van der Waals surface area contributed by atoms with Crippen LogP contribution in [0.15, 0.2) is 54.6 Å². The van der Waals surface area contributed by atoms with Crippen molar-refractivity contribution >= 4 is 11.8 Å². The summed E-state index contributed by atoms with van der Waals surface area (Å²) in [4.78, 5) is 27.3. The first kappa shape index (κ1) is 22.3. The lowest BCUT2D eigenvalue weighted by atomic mass is 10.1. The van der Waals surface area contributed by atoms with E-state index in [4.69, 9.17) is 9.47 Å². The molecule has 2 aromatic carbocycles. The number of hydrogen-bond donors (Lipinski definition) is 1. The van der Waals surface area contributed by atoms with Gasteiger partial charge in [0.25, 0.3) is 5.91 Å². The van der Waals surface area contributed by atoms with Crippen molar-refractivity contribution in [3.8, 4) is 11.5 Å². The normalized spacial score (nSPS) is 11.4. The molecular formula is C23H30N2O4. The molecule has 0 unspecified atom stereocenters. The zero-order valence-electron chi connectivity index (χ0n) is 17.4. The maximum Gasteiger partial charge on any atom is 0.261 e. The Balaban J connectivity index is 2.19. The lowest BCUT2D eigenvalue weighted by Crippen LogP contribution is -2.50. The van der Waals surface area contributed by atoms with Gasteiger partial charge in [-0.1, -0.05) is 44.2 Å². The quantitative estimate of drug-likeness (QED) is 0.630. The molecule has 0 radical (unpaired) electrons. The number of benzene rings is 2. The minimum atomic E-state index is -0.570. The highest BCUT2D eigenvalue weighted by Crippen LogP contribution is 2.18. The third-order valence-electron chi connectivity index (χ3n) is 4.53. The second-order valence-corrected chi connectivity index (χ2v) is 6.69. The van der Waals surface area contributed by atoms with Crippen LogP contribution in [0, 0.1) is 0 Å². The van der Waals surface area contributed by atoms with Crippen LogP contribution in [0.4, 0.5) is 0 Å². The number of rotatable bonds is 11. The fourth-order valence-corrected chi connectivity index (χ4v) is 3.00. The van der Waals surface area contributed by atoms with Crippen LogP contribution >= 0.6 is 0 Å². The predicted octanol–water partition coefficient (Wildman–Crippen LogP) is 3.41. The second-order valence-electron chi connectivity index (χ2n) is 6.69. The Bertz CT molecular complexity index is 779.